The summed E-state index contributed by atoms with van der Waals surface area (Å²) >= 11 is 0. The van der Waals surface area contributed by atoms with E-state index < -0.39 is 12.1 Å². The summed E-state index contributed by atoms with van der Waals surface area (Å²) in [4.78, 5) is 88.6. The van der Waals surface area contributed by atoms with Gasteiger partial charge in [0.15, 0.2) is 0 Å². The number of likely N-dealkylation sites (N-methyl/N-ethyl adjacent to an activating group) is 2. The summed E-state index contributed by atoms with van der Waals surface area (Å²) in [7, 11) is 4.08. The van der Waals surface area contributed by atoms with Gasteiger partial charge in [-0.15, -0.1) is 0 Å². The molecule has 9 rings (SSSR count). The van der Waals surface area contributed by atoms with Crippen molar-refractivity contribution in [2.75, 3.05) is 86.1 Å². The molecule has 360 valence electrons. The van der Waals surface area contributed by atoms with Crippen LogP contribution in [0.1, 0.15) is 71.1 Å². The lowest BCUT2D eigenvalue weighted by Crippen LogP contribution is -2.54. The lowest BCUT2D eigenvalue weighted by atomic mass is 10.0. The molecule has 0 bridgehead atoms. The van der Waals surface area contributed by atoms with Crippen LogP contribution >= 0.6 is 0 Å². The molecule has 16 nitrogen and oxygen atoms in total. The van der Waals surface area contributed by atoms with Gasteiger partial charge in [0.05, 0.1) is 17.9 Å². The second kappa shape index (κ2) is 21.5. The Labute approximate surface area is 404 Å². The number of hydrogen-bond donors (Lipinski definition) is 4. The number of aromatic nitrogens is 2. The molecule has 0 radical (unpaired) electrons. The second-order valence-electron chi connectivity index (χ2n) is 18.7. The Morgan fingerprint density at radius 2 is 1.06 bits per heavy atom. The maximum atomic E-state index is 14.4. The molecule has 7 amide bonds. The molecule has 0 spiro atoms. The van der Waals surface area contributed by atoms with Crippen molar-refractivity contribution in [2.24, 2.45) is 0 Å². The van der Waals surface area contributed by atoms with Gasteiger partial charge < -0.3 is 50.3 Å². The fourth-order valence-corrected chi connectivity index (χ4v) is 9.92. The number of H-pyrrole nitrogens is 1. The molecule has 1 aromatic heterocycles. The van der Waals surface area contributed by atoms with Crippen LogP contribution in [0, 0.1) is 0 Å². The van der Waals surface area contributed by atoms with Gasteiger partial charge >= 0.3 is 12.1 Å². The van der Waals surface area contributed by atoms with Gasteiger partial charge in [-0.1, -0.05) is 97.1 Å². The number of carbonyl (C=O) groups excluding carboxylic acids is 5. The van der Waals surface area contributed by atoms with Crippen molar-refractivity contribution in [2.45, 2.75) is 49.9 Å². The lowest BCUT2D eigenvalue weighted by molar-refractivity contribution is -0.135. The fraction of sp³-hybridized carbons (Fsp3) is 0.396. The number of benzene rings is 4. The molecule has 4 saturated heterocycles. The first-order valence-corrected chi connectivity index (χ1v) is 24.3. The van der Waals surface area contributed by atoms with Gasteiger partial charge in [-0.2, -0.15) is 0 Å². The summed E-state index contributed by atoms with van der Waals surface area (Å²) in [6, 6.07) is 31.8. The molecule has 0 aliphatic carbocycles. The first-order chi connectivity index (χ1) is 33.6. The minimum Gasteiger partial charge on any atom is -0.350 e. The molecule has 4 atom stereocenters. The van der Waals surface area contributed by atoms with Crippen molar-refractivity contribution in [3.05, 3.63) is 138 Å². The number of carbonyl (C=O) groups is 5. The van der Waals surface area contributed by atoms with E-state index in [1.807, 2.05) is 133 Å². The van der Waals surface area contributed by atoms with Crippen LogP contribution in [-0.4, -0.2) is 161 Å². The topological polar surface area (TPSA) is 170 Å². The molecule has 5 aromatic rings. The quantitative estimate of drug-likeness (QED) is 0.127. The van der Waals surface area contributed by atoms with Crippen molar-refractivity contribution in [1.29, 1.82) is 0 Å². The third-order valence-corrected chi connectivity index (χ3v) is 14.2. The van der Waals surface area contributed by atoms with Crippen LogP contribution in [0.15, 0.2) is 115 Å². The second-order valence-corrected chi connectivity index (χ2v) is 18.7. The molecular formula is C53H63N11O5. The van der Waals surface area contributed by atoms with Gasteiger partial charge in [-0.25, -0.2) is 14.6 Å². The zero-order chi connectivity index (χ0) is 47.9. The van der Waals surface area contributed by atoms with Crippen LogP contribution in [0.5, 0.6) is 0 Å². The van der Waals surface area contributed by atoms with E-state index in [0.29, 0.717) is 57.2 Å². The Kier molecular flexibility index (Phi) is 14.7. The number of aromatic amines is 1. The number of amides is 7. The molecule has 0 unspecified atom stereocenters. The van der Waals surface area contributed by atoms with Gasteiger partial charge in [-0.3, -0.25) is 14.4 Å². The number of urea groups is 2. The largest absolute Gasteiger partial charge is 0.350 e. The van der Waals surface area contributed by atoms with E-state index in [1.165, 1.54) is 0 Å². The highest BCUT2D eigenvalue weighted by Gasteiger charge is 2.39. The third kappa shape index (κ3) is 11.0. The summed E-state index contributed by atoms with van der Waals surface area (Å²) in [6.07, 6.45) is 4.95. The van der Waals surface area contributed by atoms with Crippen molar-refractivity contribution in [3.8, 4) is 22.4 Å². The average Bonchev–Trinajstić information content (AvgIpc) is 4.20. The van der Waals surface area contributed by atoms with Crippen LogP contribution in [0.3, 0.4) is 0 Å². The van der Waals surface area contributed by atoms with Gasteiger partial charge in [0.25, 0.3) is 5.91 Å². The minimum atomic E-state index is -0.831. The van der Waals surface area contributed by atoms with E-state index >= 15 is 0 Å². The minimum absolute atomic E-state index is 0.151. The van der Waals surface area contributed by atoms with Crippen molar-refractivity contribution < 1.29 is 24.0 Å². The number of imidazole rings is 1. The fourth-order valence-electron chi connectivity index (χ4n) is 9.92. The Morgan fingerprint density at radius 1 is 0.580 bits per heavy atom. The van der Waals surface area contributed by atoms with E-state index in [1.54, 1.807) is 16.0 Å². The van der Waals surface area contributed by atoms with E-state index in [2.05, 4.69) is 30.7 Å². The van der Waals surface area contributed by atoms with E-state index in [9.17, 15) is 24.0 Å². The van der Waals surface area contributed by atoms with Crippen molar-refractivity contribution in [1.82, 2.24) is 55.3 Å². The maximum absolute atomic E-state index is 14.4. The van der Waals surface area contributed by atoms with Crippen LogP contribution in [0.4, 0.5) is 9.59 Å². The van der Waals surface area contributed by atoms with Crippen LogP contribution < -0.4 is 16.0 Å². The first-order valence-electron chi connectivity index (χ1n) is 24.3. The zero-order valence-electron chi connectivity index (χ0n) is 39.6. The van der Waals surface area contributed by atoms with Crippen LogP contribution in [0.2, 0.25) is 0 Å². The molecule has 4 N–H and O–H groups in total. The molecule has 4 aliphatic heterocycles. The Balaban J connectivity index is 0.802. The normalized spacial score (nSPS) is 19.8. The lowest BCUT2D eigenvalue weighted by Gasteiger charge is -2.34. The number of rotatable bonds is 12. The SMILES string of the molecule is CN1CCN(C(=O)N[C@@H](C(=O)N2CCC[C@H]2CNC(=O)c2ccc(-c3ccc(-c4cnc([C@@H]5CCCN5C(=O)[C@H](NC(=O)N5CCN(C)CC5)c5ccccc5)[nH]4)cc3)cc2)c2ccccc2)CC1. The molecule has 4 aromatic carbocycles. The summed E-state index contributed by atoms with van der Waals surface area (Å²) in [5, 5.41) is 9.17. The predicted molar refractivity (Wildman–Crippen MR) is 264 cm³/mol. The molecule has 69 heavy (non-hydrogen) atoms. The molecule has 5 heterocycles. The van der Waals surface area contributed by atoms with Gasteiger partial charge in [0.1, 0.15) is 17.9 Å². The monoisotopic (exact) mass is 934 g/mol. The standard InChI is InChI=1S/C53H63N11O5/c1-59-27-31-61(32-28-59)52(68)57-46(40-11-5-3-6-12-40)50(66)63-25-9-15-43(63)35-55-49(65)42-23-19-38(20-24-42)37-17-21-39(22-18-37)44-36-54-48(56-44)45-16-10-26-64(45)51(67)47(41-13-7-4-8-14-41)58-53(69)62-33-29-60(2)30-34-62/h3-8,11-14,17-24,36,43,45-47H,9-10,15-16,25-35H2,1-2H3,(H,54,56)(H,55,65)(H,57,68)(H,58,69)/t43-,45-,46+,47+/m0/s1. The Bertz CT molecular complexity index is 2560. The number of likely N-dealkylation sites (tertiary alicyclic amines) is 2. The van der Waals surface area contributed by atoms with Crippen LogP contribution in [0.25, 0.3) is 22.4 Å². The third-order valence-electron chi connectivity index (χ3n) is 14.2. The van der Waals surface area contributed by atoms with Crippen LogP contribution in [-0.2, 0) is 9.59 Å². The van der Waals surface area contributed by atoms with Gasteiger partial charge in [0, 0.05) is 83.6 Å². The molecular weight excluding hydrogens is 871 g/mol. The summed E-state index contributed by atoms with van der Waals surface area (Å²) in [6.45, 7) is 6.97. The number of nitrogens with zero attached hydrogens (tertiary/aromatic N) is 7. The zero-order valence-corrected chi connectivity index (χ0v) is 39.6. The Morgan fingerprint density at radius 3 is 1.61 bits per heavy atom. The highest BCUT2D eigenvalue weighted by molar-refractivity contribution is 5.95. The van der Waals surface area contributed by atoms with E-state index in [4.69, 9.17) is 4.98 Å². The highest BCUT2D eigenvalue weighted by atomic mass is 16.2. The molecule has 4 aliphatic rings. The van der Waals surface area contributed by atoms with Crippen molar-refractivity contribution >= 4 is 29.8 Å². The number of nitrogens with one attached hydrogen (secondary N) is 4. The molecule has 4 fully saturated rings. The average molecular weight is 934 g/mol. The maximum Gasteiger partial charge on any atom is 0.318 e. The molecule has 0 saturated carbocycles. The van der Waals surface area contributed by atoms with Gasteiger partial charge in [0.2, 0.25) is 11.8 Å². The predicted octanol–water partition coefficient (Wildman–Crippen LogP) is 5.52. The van der Waals surface area contributed by atoms with Gasteiger partial charge in [-0.05, 0) is 79.7 Å². The first kappa shape index (κ1) is 47.0. The van der Waals surface area contributed by atoms with E-state index in [-0.39, 0.29) is 41.9 Å². The highest BCUT2D eigenvalue weighted by Crippen LogP contribution is 2.35. The Hall–Kier alpha value is -7.04. The van der Waals surface area contributed by atoms with Crippen molar-refractivity contribution in [3.63, 3.8) is 0 Å². The summed E-state index contributed by atoms with van der Waals surface area (Å²) in [5.41, 5.74) is 5.70. The molecule has 16 heteroatoms. The number of hydrogen-bond acceptors (Lipinski definition) is 8. The smallest absolute Gasteiger partial charge is 0.318 e. The summed E-state index contributed by atoms with van der Waals surface area (Å²) in [5.74, 6) is 0.164. The number of piperazine rings is 2. The van der Waals surface area contributed by atoms with E-state index in [0.717, 1.165) is 85.4 Å². The summed E-state index contributed by atoms with van der Waals surface area (Å²) < 4.78 is 0.